The quantitative estimate of drug-likeness (QED) is 0.708. The Morgan fingerprint density at radius 1 is 1.36 bits per heavy atom. The Morgan fingerprint density at radius 2 is 1.93 bits per heavy atom. The third-order valence-electron chi connectivity index (χ3n) is 2.57. The Bertz CT molecular complexity index is 169. The van der Waals surface area contributed by atoms with Crippen molar-refractivity contribution in [2.24, 2.45) is 11.7 Å². The Balaban J connectivity index is 3.73. The fourth-order valence-corrected chi connectivity index (χ4v) is 1.40. The van der Waals surface area contributed by atoms with E-state index in [2.05, 4.69) is 0 Å². The summed E-state index contributed by atoms with van der Waals surface area (Å²) < 4.78 is 0. The van der Waals surface area contributed by atoms with Gasteiger partial charge in [0.15, 0.2) is 0 Å². The molecule has 0 aromatic heterocycles. The summed E-state index contributed by atoms with van der Waals surface area (Å²) in [5.41, 5.74) is 5.65. The number of nitrogens with two attached hydrogens (primary N) is 1. The molecule has 0 aliphatic carbocycles. The second-order valence-electron chi connectivity index (χ2n) is 4.16. The molecular weight excluding hydrogens is 176 g/mol. The Labute approximate surface area is 87.6 Å². The van der Waals surface area contributed by atoms with Crippen molar-refractivity contribution in [2.75, 3.05) is 13.6 Å². The molecule has 0 spiro atoms. The van der Waals surface area contributed by atoms with Crippen molar-refractivity contribution in [3.05, 3.63) is 0 Å². The van der Waals surface area contributed by atoms with Crippen molar-refractivity contribution in [2.45, 2.75) is 46.1 Å². The van der Waals surface area contributed by atoms with Gasteiger partial charge in [-0.2, -0.15) is 0 Å². The normalized spacial score (nSPS) is 14.9. The van der Waals surface area contributed by atoms with E-state index >= 15 is 0 Å². The van der Waals surface area contributed by atoms with Gasteiger partial charge >= 0.3 is 0 Å². The van der Waals surface area contributed by atoms with E-state index in [9.17, 15) is 4.79 Å². The first kappa shape index (κ1) is 13.4. The molecule has 3 nitrogen and oxygen atoms in total. The van der Waals surface area contributed by atoms with Gasteiger partial charge in [-0.15, -0.1) is 0 Å². The van der Waals surface area contributed by atoms with Crippen molar-refractivity contribution >= 4 is 5.91 Å². The van der Waals surface area contributed by atoms with Crippen molar-refractivity contribution in [1.82, 2.24) is 4.90 Å². The van der Waals surface area contributed by atoms with E-state index < -0.39 is 0 Å². The second kappa shape index (κ2) is 6.82. The smallest absolute Gasteiger partial charge is 0.225 e. The second-order valence-corrected chi connectivity index (χ2v) is 4.16. The maximum Gasteiger partial charge on any atom is 0.225 e. The van der Waals surface area contributed by atoms with Gasteiger partial charge in [-0.1, -0.05) is 13.3 Å². The van der Waals surface area contributed by atoms with Crippen LogP contribution in [0.25, 0.3) is 0 Å². The molecule has 0 bridgehead atoms. The maximum absolute atomic E-state index is 11.6. The molecule has 84 valence electrons. The zero-order valence-corrected chi connectivity index (χ0v) is 9.92. The van der Waals surface area contributed by atoms with Crippen LogP contribution in [0.1, 0.15) is 40.0 Å². The highest BCUT2D eigenvalue weighted by Gasteiger charge is 2.15. The fraction of sp³-hybridized carbons (Fsp3) is 0.909. The van der Waals surface area contributed by atoms with E-state index in [0.29, 0.717) is 0 Å². The third kappa shape index (κ3) is 5.22. The van der Waals surface area contributed by atoms with Crippen LogP contribution in [-0.4, -0.2) is 30.4 Å². The molecule has 14 heavy (non-hydrogen) atoms. The van der Waals surface area contributed by atoms with E-state index in [-0.39, 0.29) is 17.9 Å². The highest BCUT2D eigenvalue weighted by atomic mass is 16.2. The lowest BCUT2D eigenvalue weighted by molar-refractivity contribution is -0.133. The zero-order chi connectivity index (χ0) is 11.1. The molecule has 2 atom stereocenters. The van der Waals surface area contributed by atoms with E-state index in [1.165, 1.54) is 0 Å². The molecule has 0 rings (SSSR count). The highest BCUT2D eigenvalue weighted by Crippen LogP contribution is 2.11. The predicted octanol–water partition coefficient (Wildman–Crippen LogP) is 1.62. The molecule has 2 N–H and O–H groups in total. The van der Waals surface area contributed by atoms with Gasteiger partial charge in [0.25, 0.3) is 0 Å². The van der Waals surface area contributed by atoms with Crippen LogP contribution in [0.15, 0.2) is 0 Å². The molecule has 0 aliphatic rings. The number of hydrogen-bond donors (Lipinski definition) is 1. The molecular formula is C11H24N2O. The summed E-state index contributed by atoms with van der Waals surface area (Å²) >= 11 is 0. The Kier molecular flexibility index (Phi) is 6.54. The molecule has 0 aromatic carbocycles. The topological polar surface area (TPSA) is 46.3 Å². The number of carbonyl (C=O) groups is 1. The number of nitrogens with zero attached hydrogens (tertiary/aromatic N) is 1. The SMILES string of the molecule is CCN(C)C(=O)C(C)CCCC(C)N. The Hall–Kier alpha value is -0.570. The summed E-state index contributed by atoms with van der Waals surface area (Å²) in [4.78, 5) is 13.4. The van der Waals surface area contributed by atoms with Crippen LogP contribution in [0.3, 0.4) is 0 Å². The minimum Gasteiger partial charge on any atom is -0.346 e. The van der Waals surface area contributed by atoms with Crippen molar-refractivity contribution in [1.29, 1.82) is 0 Å². The number of hydrogen-bond acceptors (Lipinski definition) is 2. The van der Waals surface area contributed by atoms with Gasteiger partial charge < -0.3 is 10.6 Å². The van der Waals surface area contributed by atoms with Gasteiger partial charge in [0.05, 0.1) is 0 Å². The first-order chi connectivity index (χ1) is 6.49. The summed E-state index contributed by atoms with van der Waals surface area (Å²) in [5, 5.41) is 0. The molecule has 0 fully saturated rings. The lowest BCUT2D eigenvalue weighted by Crippen LogP contribution is -2.31. The third-order valence-corrected chi connectivity index (χ3v) is 2.57. The molecule has 0 aliphatic heterocycles. The average Bonchev–Trinajstić information content (AvgIpc) is 2.14. The first-order valence-electron chi connectivity index (χ1n) is 5.49. The van der Waals surface area contributed by atoms with Crippen LogP contribution in [-0.2, 0) is 4.79 Å². The summed E-state index contributed by atoms with van der Waals surface area (Å²) in [5.74, 6) is 0.385. The van der Waals surface area contributed by atoms with E-state index in [0.717, 1.165) is 25.8 Å². The average molecular weight is 200 g/mol. The molecule has 3 heteroatoms. The molecule has 0 heterocycles. The van der Waals surface area contributed by atoms with Crippen LogP contribution in [0.2, 0.25) is 0 Å². The van der Waals surface area contributed by atoms with Crippen molar-refractivity contribution in [3.8, 4) is 0 Å². The lowest BCUT2D eigenvalue weighted by Gasteiger charge is -2.19. The minimum atomic E-state index is 0.138. The molecule has 0 radical (unpaired) electrons. The van der Waals surface area contributed by atoms with Gasteiger partial charge in [-0.3, -0.25) is 4.79 Å². The van der Waals surface area contributed by atoms with Gasteiger partial charge in [0.1, 0.15) is 0 Å². The standard InChI is InChI=1S/C11H24N2O/c1-5-13(4)11(14)9(2)7-6-8-10(3)12/h9-10H,5-8,12H2,1-4H3. The predicted molar refractivity (Wildman–Crippen MR) is 60.0 cm³/mol. The monoisotopic (exact) mass is 200 g/mol. The van der Waals surface area contributed by atoms with Crippen LogP contribution in [0.5, 0.6) is 0 Å². The largest absolute Gasteiger partial charge is 0.346 e. The Morgan fingerprint density at radius 3 is 2.36 bits per heavy atom. The van der Waals surface area contributed by atoms with Crippen molar-refractivity contribution < 1.29 is 4.79 Å². The summed E-state index contributed by atoms with van der Waals surface area (Å²) in [6.07, 6.45) is 3.00. The molecule has 0 saturated heterocycles. The number of carbonyl (C=O) groups excluding carboxylic acids is 1. The lowest BCUT2D eigenvalue weighted by atomic mass is 10.0. The van der Waals surface area contributed by atoms with Gasteiger partial charge in [0.2, 0.25) is 5.91 Å². The van der Waals surface area contributed by atoms with E-state index in [1.807, 2.05) is 27.8 Å². The highest BCUT2D eigenvalue weighted by molar-refractivity contribution is 5.78. The molecule has 1 amide bonds. The maximum atomic E-state index is 11.6. The van der Waals surface area contributed by atoms with Gasteiger partial charge in [-0.05, 0) is 26.7 Å². The molecule has 0 saturated carbocycles. The van der Waals surface area contributed by atoms with Crippen LogP contribution >= 0.6 is 0 Å². The number of amides is 1. The van der Waals surface area contributed by atoms with E-state index in [1.54, 1.807) is 4.90 Å². The summed E-state index contributed by atoms with van der Waals surface area (Å²) in [7, 11) is 1.85. The molecule has 2 unspecified atom stereocenters. The van der Waals surface area contributed by atoms with Crippen LogP contribution in [0.4, 0.5) is 0 Å². The number of rotatable bonds is 6. The fourth-order valence-electron chi connectivity index (χ4n) is 1.40. The van der Waals surface area contributed by atoms with Crippen molar-refractivity contribution in [3.63, 3.8) is 0 Å². The van der Waals surface area contributed by atoms with E-state index in [4.69, 9.17) is 5.73 Å². The zero-order valence-electron chi connectivity index (χ0n) is 9.92. The summed E-state index contributed by atoms with van der Waals surface area (Å²) in [6.45, 7) is 6.78. The van der Waals surface area contributed by atoms with Crippen LogP contribution in [0, 0.1) is 5.92 Å². The first-order valence-corrected chi connectivity index (χ1v) is 5.49. The summed E-state index contributed by atoms with van der Waals surface area (Å²) in [6, 6.07) is 0.251. The van der Waals surface area contributed by atoms with Gasteiger partial charge in [0, 0.05) is 25.6 Å². The van der Waals surface area contributed by atoms with Crippen LogP contribution < -0.4 is 5.73 Å². The van der Waals surface area contributed by atoms with Gasteiger partial charge in [-0.25, -0.2) is 0 Å². The minimum absolute atomic E-state index is 0.138. The molecule has 0 aromatic rings.